The molecule has 1 atom stereocenters. The van der Waals surface area contributed by atoms with Crippen molar-refractivity contribution in [3.8, 4) is 0 Å². The van der Waals surface area contributed by atoms with Gasteiger partial charge in [0.1, 0.15) is 6.04 Å². The summed E-state index contributed by atoms with van der Waals surface area (Å²) in [5, 5.41) is 11.1. The largest absolute Gasteiger partial charge is 0.480 e. The summed E-state index contributed by atoms with van der Waals surface area (Å²) in [5.41, 5.74) is 1.19. The van der Waals surface area contributed by atoms with E-state index < -0.39 is 12.0 Å². The first-order valence-electron chi connectivity index (χ1n) is 5.38. The molecule has 18 heavy (non-hydrogen) atoms. The molecule has 4 nitrogen and oxygen atoms in total. The molecule has 1 aromatic rings. The van der Waals surface area contributed by atoms with Crippen LogP contribution < -0.4 is 5.32 Å². The van der Waals surface area contributed by atoms with Gasteiger partial charge in [-0.3, -0.25) is 4.79 Å². The molecule has 0 aliphatic rings. The molecule has 1 aromatic carbocycles. The van der Waals surface area contributed by atoms with Gasteiger partial charge in [0.15, 0.2) is 0 Å². The lowest BCUT2D eigenvalue weighted by Crippen LogP contribution is -2.36. The molecule has 0 radical (unpaired) electrons. The summed E-state index contributed by atoms with van der Waals surface area (Å²) in [6.45, 7) is 0. The van der Waals surface area contributed by atoms with Gasteiger partial charge in [0.2, 0.25) is 6.41 Å². The first-order chi connectivity index (χ1) is 8.63. The highest BCUT2D eigenvalue weighted by Gasteiger charge is 2.15. The van der Waals surface area contributed by atoms with Crippen LogP contribution in [0.4, 0.5) is 0 Å². The van der Waals surface area contributed by atoms with E-state index in [4.69, 9.17) is 5.11 Å². The van der Waals surface area contributed by atoms with Gasteiger partial charge >= 0.3 is 5.97 Å². The molecule has 0 fully saturated rings. The van der Waals surface area contributed by atoms with Crippen LogP contribution in [0.15, 0.2) is 28.7 Å². The SMILES string of the molecule is O=CNC(CCSCc1ccc(Br)cc1)C(=O)O. The molecule has 0 heterocycles. The average Bonchev–Trinajstić information content (AvgIpc) is 2.35. The second-order valence-electron chi connectivity index (χ2n) is 3.64. The van der Waals surface area contributed by atoms with Crippen molar-refractivity contribution in [2.45, 2.75) is 18.2 Å². The third-order valence-corrected chi connectivity index (χ3v) is 3.89. The number of hydrogen-bond acceptors (Lipinski definition) is 3. The number of carboxylic acids is 1. The van der Waals surface area contributed by atoms with Crippen molar-refractivity contribution in [3.05, 3.63) is 34.3 Å². The van der Waals surface area contributed by atoms with Crippen LogP contribution in [-0.2, 0) is 15.3 Å². The zero-order valence-corrected chi connectivity index (χ0v) is 12.0. The Labute approximate surface area is 118 Å². The lowest BCUT2D eigenvalue weighted by Gasteiger charge is -2.10. The molecule has 0 bridgehead atoms. The maximum Gasteiger partial charge on any atom is 0.326 e. The molecule has 6 heteroatoms. The van der Waals surface area contributed by atoms with E-state index in [0.29, 0.717) is 18.6 Å². The van der Waals surface area contributed by atoms with E-state index in [1.54, 1.807) is 11.8 Å². The third-order valence-electron chi connectivity index (χ3n) is 2.30. The van der Waals surface area contributed by atoms with Crippen molar-refractivity contribution >= 4 is 40.1 Å². The van der Waals surface area contributed by atoms with E-state index in [2.05, 4.69) is 21.2 Å². The number of rotatable bonds is 8. The van der Waals surface area contributed by atoms with Crippen molar-refractivity contribution in [1.29, 1.82) is 0 Å². The fourth-order valence-electron chi connectivity index (χ4n) is 1.33. The topological polar surface area (TPSA) is 66.4 Å². The third kappa shape index (κ3) is 5.55. The fraction of sp³-hybridized carbons (Fsp3) is 0.333. The van der Waals surface area contributed by atoms with Crippen LogP contribution in [0.5, 0.6) is 0 Å². The Bertz CT molecular complexity index is 397. The van der Waals surface area contributed by atoms with Crippen molar-refractivity contribution < 1.29 is 14.7 Å². The molecule has 1 amide bonds. The standard InChI is InChI=1S/C12H14BrNO3S/c13-10-3-1-9(2-4-10)7-18-6-5-11(12(16)17)14-8-15/h1-4,8,11H,5-7H2,(H,14,15)(H,16,17). The van der Waals surface area contributed by atoms with Gasteiger partial charge in [-0.1, -0.05) is 28.1 Å². The first-order valence-corrected chi connectivity index (χ1v) is 7.33. The Kier molecular flexibility index (Phi) is 6.82. The number of carboxylic acid groups (broad SMARTS) is 1. The van der Waals surface area contributed by atoms with Gasteiger partial charge in [-0.25, -0.2) is 4.79 Å². The lowest BCUT2D eigenvalue weighted by atomic mass is 10.2. The van der Waals surface area contributed by atoms with Crippen molar-refractivity contribution in [3.63, 3.8) is 0 Å². The summed E-state index contributed by atoms with van der Waals surface area (Å²) in [5.74, 6) is 0.528. The molecular weight excluding hydrogens is 318 g/mol. The molecule has 1 unspecified atom stereocenters. The summed E-state index contributed by atoms with van der Waals surface area (Å²) < 4.78 is 1.04. The molecular formula is C12H14BrNO3S. The number of aliphatic carboxylic acids is 1. The van der Waals surface area contributed by atoms with Gasteiger partial charge < -0.3 is 10.4 Å². The minimum atomic E-state index is -0.994. The van der Waals surface area contributed by atoms with E-state index in [9.17, 15) is 9.59 Å². The molecule has 0 saturated heterocycles. The van der Waals surface area contributed by atoms with Gasteiger partial charge in [-0.2, -0.15) is 11.8 Å². The number of halogens is 1. The Morgan fingerprint density at radius 2 is 2.11 bits per heavy atom. The zero-order chi connectivity index (χ0) is 13.4. The highest BCUT2D eigenvalue weighted by atomic mass is 79.9. The van der Waals surface area contributed by atoms with Gasteiger partial charge in [0.05, 0.1) is 0 Å². The zero-order valence-electron chi connectivity index (χ0n) is 9.64. The molecule has 0 saturated carbocycles. The predicted molar refractivity (Wildman–Crippen MR) is 75.5 cm³/mol. The number of carbonyl (C=O) groups excluding carboxylic acids is 1. The summed E-state index contributed by atoms with van der Waals surface area (Å²) in [4.78, 5) is 21.0. The van der Waals surface area contributed by atoms with E-state index in [1.807, 2.05) is 24.3 Å². The van der Waals surface area contributed by atoms with Crippen molar-refractivity contribution in [1.82, 2.24) is 5.32 Å². The number of thioether (sulfide) groups is 1. The second-order valence-corrected chi connectivity index (χ2v) is 5.66. The normalized spacial score (nSPS) is 11.8. The predicted octanol–water partition coefficient (Wildman–Crippen LogP) is 2.27. The number of nitrogens with one attached hydrogen (secondary N) is 1. The van der Waals surface area contributed by atoms with Gasteiger partial charge in [-0.15, -0.1) is 0 Å². The summed E-state index contributed by atoms with van der Waals surface area (Å²) >= 11 is 5.02. The Morgan fingerprint density at radius 3 is 2.67 bits per heavy atom. The van der Waals surface area contributed by atoms with E-state index in [0.717, 1.165) is 10.2 Å². The van der Waals surface area contributed by atoms with Crippen LogP contribution in [-0.4, -0.2) is 29.3 Å². The van der Waals surface area contributed by atoms with Crippen LogP contribution in [0, 0.1) is 0 Å². The number of carbonyl (C=O) groups is 2. The molecule has 0 aliphatic carbocycles. The molecule has 0 aliphatic heterocycles. The smallest absolute Gasteiger partial charge is 0.326 e. The Balaban J connectivity index is 2.27. The van der Waals surface area contributed by atoms with Crippen LogP contribution in [0.1, 0.15) is 12.0 Å². The highest BCUT2D eigenvalue weighted by Crippen LogP contribution is 2.16. The number of amides is 1. The highest BCUT2D eigenvalue weighted by molar-refractivity contribution is 9.10. The molecule has 1 rings (SSSR count). The van der Waals surface area contributed by atoms with Gasteiger partial charge in [0, 0.05) is 10.2 Å². The summed E-state index contributed by atoms with van der Waals surface area (Å²) in [6.07, 6.45) is 0.855. The van der Waals surface area contributed by atoms with Crippen molar-refractivity contribution in [2.75, 3.05) is 5.75 Å². The van der Waals surface area contributed by atoms with Crippen LogP contribution >= 0.6 is 27.7 Å². The Hall–Kier alpha value is -1.01. The van der Waals surface area contributed by atoms with Gasteiger partial charge in [0.25, 0.3) is 0 Å². The lowest BCUT2D eigenvalue weighted by molar-refractivity contribution is -0.140. The maximum absolute atomic E-state index is 10.8. The maximum atomic E-state index is 10.8. The van der Waals surface area contributed by atoms with Crippen LogP contribution in [0.25, 0.3) is 0 Å². The second kappa shape index (κ2) is 8.16. The average molecular weight is 332 g/mol. The molecule has 98 valence electrons. The first kappa shape index (κ1) is 15.0. The van der Waals surface area contributed by atoms with Gasteiger partial charge in [-0.05, 0) is 29.9 Å². The van der Waals surface area contributed by atoms with E-state index in [1.165, 1.54) is 5.56 Å². The quantitative estimate of drug-likeness (QED) is 0.566. The van der Waals surface area contributed by atoms with E-state index in [-0.39, 0.29) is 0 Å². The van der Waals surface area contributed by atoms with Crippen molar-refractivity contribution in [2.24, 2.45) is 0 Å². The van der Waals surface area contributed by atoms with Crippen LogP contribution in [0.2, 0.25) is 0 Å². The number of benzene rings is 1. The summed E-state index contributed by atoms with van der Waals surface area (Å²) in [7, 11) is 0. The monoisotopic (exact) mass is 331 g/mol. The molecule has 0 aromatic heterocycles. The minimum Gasteiger partial charge on any atom is -0.480 e. The molecule has 0 spiro atoms. The van der Waals surface area contributed by atoms with Crippen LogP contribution in [0.3, 0.4) is 0 Å². The van der Waals surface area contributed by atoms with E-state index >= 15 is 0 Å². The fourth-order valence-corrected chi connectivity index (χ4v) is 2.57. The molecule has 2 N–H and O–H groups in total. The number of hydrogen-bond donors (Lipinski definition) is 2. The Morgan fingerprint density at radius 1 is 1.44 bits per heavy atom. The summed E-state index contributed by atoms with van der Waals surface area (Å²) in [6, 6.07) is 7.21. The minimum absolute atomic E-state index is 0.426.